The minimum absolute atomic E-state index is 0.608. The van der Waals surface area contributed by atoms with Crippen LogP contribution in [0.2, 0.25) is 0 Å². The van der Waals surface area contributed by atoms with Gasteiger partial charge in [-0.15, -0.1) is 0 Å². The third-order valence-electron chi connectivity index (χ3n) is 10.6. The third-order valence-corrected chi connectivity index (χ3v) is 10.6. The summed E-state index contributed by atoms with van der Waals surface area (Å²) in [7, 11) is 0. The van der Waals surface area contributed by atoms with Crippen molar-refractivity contribution in [1.82, 2.24) is 4.57 Å². The molecule has 0 aliphatic rings. The van der Waals surface area contributed by atoms with Crippen LogP contribution in [0.1, 0.15) is 0 Å². The Labute approximate surface area is 314 Å². The largest absolute Gasteiger partial charge is 0.309 e. The summed E-state index contributed by atoms with van der Waals surface area (Å²) in [5.74, 6) is 0. The zero-order valence-electron chi connectivity index (χ0n) is 29.4. The summed E-state index contributed by atoms with van der Waals surface area (Å²) in [6.45, 7) is 7.74. The van der Waals surface area contributed by atoms with Crippen LogP contribution >= 0.6 is 0 Å². The van der Waals surface area contributed by atoms with Gasteiger partial charge in [-0.25, -0.2) is 4.85 Å². The quantitative estimate of drug-likeness (QED) is 0.159. The van der Waals surface area contributed by atoms with Gasteiger partial charge in [-0.1, -0.05) is 146 Å². The second kappa shape index (κ2) is 13.0. The third kappa shape index (κ3) is 5.12. The summed E-state index contributed by atoms with van der Waals surface area (Å²) >= 11 is 0. The van der Waals surface area contributed by atoms with Gasteiger partial charge in [0, 0.05) is 27.7 Å². The molecule has 0 aliphatic carbocycles. The molecule has 0 saturated carbocycles. The number of fused-ring (bicyclic) bond motifs is 5. The molecule has 1 aromatic heterocycles. The second-order valence-electron chi connectivity index (χ2n) is 13.6. The van der Waals surface area contributed by atoms with E-state index in [1.807, 2.05) is 12.1 Å². The van der Waals surface area contributed by atoms with Gasteiger partial charge in [-0.3, -0.25) is 0 Å². The first-order valence-corrected chi connectivity index (χ1v) is 18.2. The zero-order chi connectivity index (χ0) is 36.0. The molecule has 0 N–H and O–H groups in total. The van der Waals surface area contributed by atoms with Crippen LogP contribution in [0.4, 0.5) is 22.7 Å². The molecular weight excluding hydrogens is 655 g/mol. The highest BCUT2D eigenvalue weighted by Gasteiger charge is 2.25. The molecular formula is C51H33N3. The number of rotatable bonds is 6. The van der Waals surface area contributed by atoms with E-state index in [4.69, 9.17) is 6.57 Å². The summed E-state index contributed by atoms with van der Waals surface area (Å²) in [6.07, 6.45) is 0. The molecule has 10 aromatic rings. The van der Waals surface area contributed by atoms with Crippen molar-refractivity contribution < 1.29 is 0 Å². The molecule has 3 nitrogen and oxygen atoms in total. The number of anilines is 3. The molecule has 0 aliphatic heterocycles. The monoisotopic (exact) mass is 687 g/mol. The van der Waals surface area contributed by atoms with Crippen molar-refractivity contribution in [1.29, 1.82) is 0 Å². The summed E-state index contributed by atoms with van der Waals surface area (Å²) in [6, 6.07) is 71.3. The van der Waals surface area contributed by atoms with E-state index in [1.54, 1.807) is 0 Å². The van der Waals surface area contributed by atoms with Crippen LogP contribution in [0.25, 0.3) is 76.1 Å². The Kier molecular flexibility index (Phi) is 7.53. The van der Waals surface area contributed by atoms with Gasteiger partial charge >= 0.3 is 0 Å². The predicted octanol–water partition coefficient (Wildman–Crippen LogP) is 14.4. The van der Waals surface area contributed by atoms with Gasteiger partial charge in [0.1, 0.15) is 0 Å². The minimum Gasteiger partial charge on any atom is -0.309 e. The van der Waals surface area contributed by atoms with E-state index in [9.17, 15) is 0 Å². The molecule has 0 amide bonds. The van der Waals surface area contributed by atoms with E-state index in [0.29, 0.717) is 5.69 Å². The SMILES string of the molecule is [C-]#[N+]c1ccc(N(c2cccc(-c3cccc4ccccc34)c2-c2ccc3ccccc3c2)c2cccc3c2c2ccccc2n3-c2ccccc2)cc1. The van der Waals surface area contributed by atoms with E-state index < -0.39 is 0 Å². The van der Waals surface area contributed by atoms with Gasteiger partial charge in [-0.05, 0) is 92.8 Å². The standard InChI is InChI=1S/C51H33N3/c1-52-39-30-32-41(33-31-39)54(49-27-13-26-48-51(49)45-21-9-10-24-46(45)53(48)40-18-3-2-4-19-40)47-25-12-23-44(43-22-11-17-36-15-7-8-20-42(36)43)50(47)38-29-28-35-14-5-6-16-37(35)34-38/h2-34H. The highest BCUT2D eigenvalue weighted by molar-refractivity contribution is 6.17. The van der Waals surface area contributed by atoms with Crippen molar-refractivity contribution in [3.8, 4) is 27.9 Å². The Hall–Kier alpha value is -7.41. The van der Waals surface area contributed by atoms with Crippen molar-refractivity contribution >= 4 is 66.1 Å². The van der Waals surface area contributed by atoms with Crippen LogP contribution in [0.3, 0.4) is 0 Å². The molecule has 0 radical (unpaired) electrons. The zero-order valence-corrected chi connectivity index (χ0v) is 29.4. The molecule has 54 heavy (non-hydrogen) atoms. The lowest BCUT2D eigenvalue weighted by Crippen LogP contribution is -2.12. The summed E-state index contributed by atoms with van der Waals surface area (Å²) < 4.78 is 2.37. The highest BCUT2D eigenvalue weighted by Crippen LogP contribution is 2.50. The molecule has 3 heteroatoms. The van der Waals surface area contributed by atoms with Crippen LogP contribution in [0.15, 0.2) is 200 Å². The number of nitrogens with zero attached hydrogens (tertiary/aromatic N) is 3. The van der Waals surface area contributed by atoms with Gasteiger partial charge in [-0.2, -0.15) is 0 Å². The van der Waals surface area contributed by atoms with E-state index >= 15 is 0 Å². The van der Waals surface area contributed by atoms with Crippen LogP contribution in [0, 0.1) is 6.57 Å². The Morgan fingerprint density at radius 3 is 1.91 bits per heavy atom. The average Bonchev–Trinajstić information content (AvgIpc) is 3.59. The molecule has 1 heterocycles. The molecule has 10 rings (SSSR count). The van der Waals surface area contributed by atoms with E-state index in [1.165, 1.54) is 32.5 Å². The van der Waals surface area contributed by atoms with Crippen LogP contribution < -0.4 is 4.90 Å². The summed E-state index contributed by atoms with van der Waals surface area (Å²) in [5.41, 5.74) is 11.7. The first-order chi connectivity index (χ1) is 26.8. The maximum atomic E-state index is 7.74. The lowest BCUT2D eigenvalue weighted by atomic mass is 9.88. The Morgan fingerprint density at radius 2 is 1.07 bits per heavy atom. The fourth-order valence-electron chi connectivity index (χ4n) is 8.19. The van der Waals surface area contributed by atoms with Gasteiger partial charge in [0.05, 0.1) is 29.0 Å². The number of hydrogen-bond donors (Lipinski definition) is 0. The molecule has 0 fully saturated rings. The number of aromatic nitrogens is 1. The molecule has 0 bridgehead atoms. The van der Waals surface area contributed by atoms with E-state index in [0.717, 1.165) is 55.9 Å². The predicted molar refractivity (Wildman–Crippen MR) is 228 cm³/mol. The molecule has 0 saturated heterocycles. The Morgan fingerprint density at radius 1 is 0.444 bits per heavy atom. The first-order valence-electron chi connectivity index (χ1n) is 18.2. The lowest BCUT2D eigenvalue weighted by Gasteiger charge is -2.30. The summed E-state index contributed by atoms with van der Waals surface area (Å²) in [4.78, 5) is 6.15. The summed E-state index contributed by atoms with van der Waals surface area (Å²) in [5, 5.41) is 7.14. The average molecular weight is 688 g/mol. The van der Waals surface area contributed by atoms with Crippen molar-refractivity contribution in [2.75, 3.05) is 4.90 Å². The molecule has 9 aromatic carbocycles. The normalized spacial score (nSPS) is 11.3. The second-order valence-corrected chi connectivity index (χ2v) is 13.6. The Bertz CT molecular complexity index is 3050. The van der Waals surface area contributed by atoms with E-state index in [-0.39, 0.29) is 0 Å². The minimum atomic E-state index is 0.608. The first kappa shape index (κ1) is 31.3. The topological polar surface area (TPSA) is 12.5 Å². The van der Waals surface area contributed by atoms with Gasteiger partial charge < -0.3 is 9.47 Å². The lowest BCUT2D eigenvalue weighted by molar-refractivity contribution is 1.18. The van der Waals surface area contributed by atoms with Crippen molar-refractivity contribution in [2.45, 2.75) is 0 Å². The van der Waals surface area contributed by atoms with Crippen LogP contribution in [-0.4, -0.2) is 4.57 Å². The molecule has 0 spiro atoms. The number of hydrogen-bond acceptors (Lipinski definition) is 1. The molecule has 0 atom stereocenters. The smallest absolute Gasteiger partial charge is 0.187 e. The van der Waals surface area contributed by atoms with Gasteiger partial charge in [0.15, 0.2) is 5.69 Å². The van der Waals surface area contributed by atoms with Crippen LogP contribution in [-0.2, 0) is 0 Å². The maximum Gasteiger partial charge on any atom is 0.187 e. The van der Waals surface area contributed by atoms with E-state index in [2.05, 4.69) is 202 Å². The fourth-order valence-corrected chi connectivity index (χ4v) is 8.19. The fraction of sp³-hybridized carbons (Fsp3) is 0. The van der Waals surface area contributed by atoms with Crippen molar-refractivity contribution in [3.63, 3.8) is 0 Å². The molecule has 252 valence electrons. The van der Waals surface area contributed by atoms with Crippen molar-refractivity contribution in [2.24, 2.45) is 0 Å². The van der Waals surface area contributed by atoms with Crippen LogP contribution in [0.5, 0.6) is 0 Å². The Balaban J connectivity index is 1.34. The van der Waals surface area contributed by atoms with Gasteiger partial charge in [0.2, 0.25) is 0 Å². The van der Waals surface area contributed by atoms with Gasteiger partial charge in [0.25, 0.3) is 0 Å². The highest BCUT2D eigenvalue weighted by atomic mass is 15.2. The molecule has 0 unspecified atom stereocenters. The number of benzene rings is 9. The number of para-hydroxylation sites is 2. The van der Waals surface area contributed by atoms with Crippen molar-refractivity contribution in [3.05, 3.63) is 212 Å². The maximum absolute atomic E-state index is 7.74.